The first kappa shape index (κ1) is 12.7. The first-order valence-electron chi connectivity index (χ1n) is 5.68. The molecule has 0 saturated carbocycles. The molecule has 6 heteroatoms. The first-order chi connectivity index (χ1) is 8.49. The van der Waals surface area contributed by atoms with Crippen molar-refractivity contribution in [2.45, 2.75) is 12.1 Å². The molecular formula is C12H16N2O4. The minimum absolute atomic E-state index is 0.170. The van der Waals surface area contributed by atoms with Gasteiger partial charge in [0.2, 0.25) is 0 Å². The zero-order chi connectivity index (χ0) is 13.3. The van der Waals surface area contributed by atoms with E-state index < -0.39 is 6.10 Å². The molecular weight excluding hydrogens is 236 g/mol. The van der Waals surface area contributed by atoms with Crippen molar-refractivity contribution in [3.05, 3.63) is 23.8 Å². The maximum atomic E-state index is 12.1. The van der Waals surface area contributed by atoms with Gasteiger partial charge in [-0.15, -0.1) is 0 Å². The van der Waals surface area contributed by atoms with Gasteiger partial charge in [-0.3, -0.25) is 4.79 Å². The number of benzene rings is 1. The highest BCUT2D eigenvalue weighted by atomic mass is 16.3. The minimum atomic E-state index is -0.607. The van der Waals surface area contributed by atoms with E-state index in [-0.39, 0.29) is 29.0 Å². The fraction of sp³-hybridized carbons (Fsp3) is 0.417. The summed E-state index contributed by atoms with van der Waals surface area (Å²) in [6.45, 7) is 0.974. The van der Waals surface area contributed by atoms with Crippen LogP contribution in [0.5, 0.6) is 11.5 Å². The van der Waals surface area contributed by atoms with Gasteiger partial charge in [0, 0.05) is 31.8 Å². The zero-order valence-corrected chi connectivity index (χ0v) is 10.00. The molecule has 1 heterocycles. The normalized spacial score (nSPS) is 23.0. The number of hydrogen-bond donors (Lipinski definition) is 4. The van der Waals surface area contributed by atoms with Gasteiger partial charge in [0.05, 0.1) is 12.1 Å². The fourth-order valence-electron chi connectivity index (χ4n) is 2.12. The summed E-state index contributed by atoms with van der Waals surface area (Å²) in [6, 6.07) is 3.42. The molecule has 0 aliphatic carbocycles. The highest BCUT2D eigenvalue weighted by Gasteiger charge is 2.31. The Morgan fingerprint density at radius 1 is 1.28 bits per heavy atom. The van der Waals surface area contributed by atoms with E-state index in [4.69, 9.17) is 0 Å². The molecule has 0 aromatic heterocycles. The number of phenols is 2. The van der Waals surface area contributed by atoms with Crippen LogP contribution in [0.4, 0.5) is 0 Å². The molecule has 0 spiro atoms. The monoisotopic (exact) mass is 252 g/mol. The summed E-state index contributed by atoms with van der Waals surface area (Å²) >= 11 is 0. The number of phenolic OH excluding ortho intramolecular Hbond substituents is 2. The zero-order valence-electron chi connectivity index (χ0n) is 10.00. The lowest BCUT2D eigenvalue weighted by molar-refractivity contribution is 0.0580. The Bertz CT molecular complexity index is 443. The second-order valence-corrected chi connectivity index (χ2v) is 4.45. The van der Waals surface area contributed by atoms with Crippen molar-refractivity contribution in [2.75, 3.05) is 20.1 Å². The van der Waals surface area contributed by atoms with E-state index in [0.29, 0.717) is 13.1 Å². The Morgan fingerprint density at radius 2 is 1.89 bits per heavy atom. The molecule has 1 amide bonds. The number of hydrogen-bond acceptors (Lipinski definition) is 5. The Labute approximate surface area is 104 Å². The average molecular weight is 252 g/mol. The van der Waals surface area contributed by atoms with Crippen LogP contribution in [0.2, 0.25) is 0 Å². The van der Waals surface area contributed by atoms with Crippen LogP contribution in [0.25, 0.3) is 0 Å². The van der Waals surface area contributed by atoms with Crippen LogP contribution in [-0.2, 0) is 0 Å². The largest absolute Gasteiger partial charge is 0.508 e. The molecule has 1 fully saturated rings. The Morgan fingerprint density at radius 3 is 2.39 bits per heavy atom. The molecule has 1 aliphatic rings. The van der Waals surface area contributed by atoms with Crippen LogP contribution >= 0.6 is 0 Å². The summed E-state index contributed by atoms with van der Waals surface area (Å²) in [4.78, 5) is 13.6. The van der Waals surface area contributed by atoms with Gasteiger partial charge in [-0.1, -0.05) is 0 Å². The summed E-state index contributed by atoms with van der Waals surface area (Å²) in [7, 11) is 1.59. The fourth-order valence-corrected chi connectivity index (χ4v) is 2.12. The molecule has 0 unspecified atom stereocenters. The highest BCUT2D eigenvalue weighted by Crippen LogP contribution is 2.22. The summed E-state index contributed by atoms with van der Waals surface area (Å²) in [5, 5.41) is 31.4. The van der Waals surface area contributed by atoms with E-state index in [1.807, 2.05) is 0 Å². The van der Waals surface area contributed by atoms with Crippen LogP contribution in [0.1, 0.15) is 10.4 Å². The number of nitrogens with one attached hydrogen (secondary N) is 1. The molecule has 4 N–H and O–H groups in total. The van der Waals surface area contributed by atoms with Crippen molar-refractivity contribution in [3.8, 4) is 11.5 Å². The van der Waals surface area contributed by atoms with Gasteiger partial charge in [0.15, 0.2) is 0 Å². The summed E-state index contributed by atoms with van der Waals surface area (Å²) < 4.78 is 0. The summed E-state index contributed by atoms with van der Waals surface area (Å²) in [5.41, 5.74) is 0.189. The predicted octanol–water partition coefficient (Wildman–Crippen LogP) is -0.497. The number of carbonyl (C=O) groups is 1. The Kier molecular flexibility index (Phi) is 3.40. The van der Waals surface area contributed by atoms with Crippen LogP contribution in [0.3, 0.4) is 0 Å². The summed E-state index contributed by atoms with van der Waals surface area (Å²) in [6.07, 6.45) is -0.607. The number of rotatable bonds is 2. The number of aliphatic hydroxyl groups is 1. The van der Waals surface area contributed by atoms with Crippen molar-refractivity contribution in [3.63, 3.8) is 0 Å². The van der Waals surface area contributed by atoms with Crippen molar-refractivity contribution >= 4 is 5.91 Å². The van der Waals surface area contributed by atoms with Gasteiger partial charge in [-0.25, -0.2) is 0 Å². The average Bonchev–Trinajstić information content (AvgIpc) is 2.72. The number of β-amino-alcohol motifs (C(OH)–C–C–N with tert-alkyl or cyclic N) is 1. The molecule has 2 atom stereocenters. The molecule has 0 radical (unpaired) electrons. The molecule has 1 aromatic rings. The first-order valence-corrected chi connectivity index (χ1v) is 5.68. The van der Waals surface area contributed by atoms with Crippen LogP contribution < -0.4 is 5.32 Å². The van der Waals surface area contributed by atoms with Gasteiger partial charge < -0.3 is 25.5 Å². The Balaban J connectivity index is 2.19. The molecule has 98 valence electrons. The van der Waals surface area contributed by atoms with Crippen molar-refractivity contribution in [1.82, 2.24) is 10.2 Å². The molecule has 6 nitrogen and oxygen atoms in total. The quantitative estimate of drug-likeness (QED) is 0.569. The SMILES string of the molecule is CN(C(=O)c1cc(O)cc(O)c1)[C@@H]1CNC[C@H]1O. The van der Waals surface area contributed by atoms with E-state index in [1.165, 1.54) is 17.0 Å². The van der Waals surface area contributed by atoms with Crippen molar-refractivity contribution < 1.29 is 20.1 Å². The maximum absolute atomic E-state index is 12.1. The van der Waals surface area contributed by atoms with Gasteiger partial charge in [0.25, 0.3) is 5.91 Å². The highest BCUT2D eigenvalue weighted by molar-refractivity contribution is 5.95. The van der Waals surface area contributed by atoms with E-state index in [1.54, 1.807) is 7.05 Å². The molecule has 1 aliphatic heterocycles. The molecule has 1 aromatic carbocycles. The lowest BCUT2D eigenvalue weighted by Gasteiger charge is -2.26. The van der Waals surface area contributed by atoms with Gasteiger partial charge in [0.1, 0.15) is 11.5 Å². The van der Waals surface area contributed by atoms with Crippen molar-refractivity contribution in [1.29, 1.82) is 0 Å². The van der Waals surface area contributed by atoms with E-state index in [9.17, 15) is 20.1 Å². The third kappa shape index (κ3) is 2.39. The van der Waals surface area contributed by atoms with Gasteiger partial charge >= 0.3 is 0 Å². The number of amides is 1. The third-order valence-electron chi connectivity index (χ3n) is 3.12. The molecule has 1 saturated heterocycles. The van der Waals surface area contributed by atoms with Crippen LogP contribution in [-0.4, -0.2) is 58.4 Å². The number of likely N-dealkylation sites (N-methyl/N-ethyl adjacent to an activating group) is 1. The molecule has 2 rings (SSSR count). The topological polar surface area (TPSA) is 93.0 Å². The van der Waals surface area contributed by atoms with E-state index in [0.717, 1.165) is 6.07 Å². The summed E-state index contributed by atoms with van der Waals surface area (Å²) in [5.74, 6) is -0.692. The van der Waals surface area contributed by atoms with E-state index >= 15 is 0 Å². The predicted molar refractivity (Wildman–Crippen MR) is 64.5 cm³/mol. The third-order valence-corrected chi connectivity index (χ3v) is 3.12. The number of aliphatic hydroxyl groups excluding tert-OH is 1. The number of nitrogens with zero attached hydrogens (tertiary/aromatic N) is 1. The molecule has 0 bridgehead atoms. The number of aromatic hydroxyl groups is 2. The minimum Gasteiger partial charge on any atom is -0.508 e. The van der Waals surface area contributed by atoms with Crippen LogP contribution in [0, 0.1) is 0 Å². The second-order valence-electron chi connectivity index (χ2n) is 4.45. The van der Waals surface area contributed by atoms with Crippen LogP contribution in [0.15, 0.2) is 18.2 Å². The lowest BCUT2D eigenvalue weighted by Crippen LogP contribution is -2.44. The van der Waals surface area contributed by atoms with E-state index in [2.05, 4.69) is 5.32 Å². The molecule has 18 heavy (non-hydrogen) atoms. The van der Waals surface area contributed by atoms with Gasteiger partial charge in [-0.2, -0.15) is 0 Å². The lowest BCUT2D eigenvalue weighted by atomic mass is 10.1. The standard InChI is InChI=1S/C12H16N2O4/c1-14(10-5-13-6-11(10)17)12(18)7-2-8(15)4-9(16)3-7/h2-4,10-11,13,15-17H,5-6H2,1H3/t10-,11-/m1/s1. The number of carbonyl (C=O) groups excluding carboxylic acids is 1. The van der Waals surface area contributed by atoms with Crippen molar-refractivity contribution in [2.24, 2.45) is 0 Å². The maximum Gasteiger partial charge on any atom is 0.254 e. The second kappa shape index (κ2) is 4.83. The smallest absolute Gasteiger partial charge is 0.254 e. The van der Waals surface area contributed by atoms with Gasteiger partial charge in [-0.05, 0) is 12.1 Å². The Hall–Kier alpha value is -1.79.